The maximum absolute atomic E-state index is 13.2. The average molecular weight is 886 g/mol. The number of nitrogens with two attached hydrogens (primary N) is 2. The summed E-state index contributed by atoms with van der Waals surface area (Å²) in [6.07, 6.45) is 1.53. The minimum absolute atomic E-state index is 0.0645. The zero-order chi connectivity index (χ0) is 45.6. The number of unbranched alkanes of at least 4 members (excludes halogenated alkanes) is 2. The number of aliphatic hydroxyl groups excluding tert-OH is 1. The van der Waals surface area contributed by atoms with Gasteiger partial charge in [0, 0.05) is 42.7 Å². The molecule has 0 bridgehead atoms. The molecule has 0 saturated carbocycles. The van der Waals surface area contributed by atoms with Crippen molar-refractivity contribution in [1.29, 1.82) is 0 Å². The Morgan fingerprint density at radius 2 is 1.46 bits per heavy atom. The molecule has 344 valence electrons. The lowest BCUT2D eigenvalue weighted by atomic mass is 9.92. The smallest absolute Gasteiger partial charge is 0.315 e. The summed E-state index contributed by atoms with van der Waals surface area (Å²) >= 11 is 1.82. The predicted octanol–water partition coefficient (Wildman–Crippen LogP) is -3.63. The maximum Gasteiger partial charge on any atom is 0.315 e. The summed E-state index contributed by atoms with van der Waals surface area (Å²) in [5.74, 6) is -7.07. The number of hydrogen-bond acceptors (Lipinski definition) is 13. The number of primary amides is 2. The first-order valence-corrected chi connectivity index (χ1v) is 21.4. The molecule has 2 aliphatic rings. The van der Waals surface area contributed by atoms with Crippen LogP contribution in [0.25, 0.3) is 0 Å². The highest BCUT2D eigenvalue weighted by Crippen LogP contribution is 2.33. The number of thioether (sulfide) groups is 1. The number of amides is 11. The monoisotopic (exact) mass is 885 g/mol. The molecule has 11 amide bonds. The second-order valence-electron chi connectivity index (χ2n) is 15.6. The molecule has 23 nitrogen and oxygen atoms in total. The van der Waals surface area contributed by atoms with Gasteiger partial charge in [-0.2, -0.15) is 11.8 Å². The largest absolute Gasteiger partial charge is 0.391 e. The Labute approximate surface area is 358 Å². The summed E-state index contributed by atoms with van der Waals surface area (Å²) in [5, 5.41) is 39.9. The molecule has 2 rings (SSSR count). The molecule has 0 aromatic heterocycles. The fourth-order valence-electron chi connectivity index (χ4n) is 6.74. The van der Waals surface area contributed by atoms with E-state index in [4.69, 9.17) is 16.7 Å². The first-order chi connectivity index (χ1) is 28.8. The van der Waals surface area contributed by atoms with Gasteiger partial charge in [-0.15, -0.1) is 0 Å². The van der Waals surface area contributed by atoms with E-state index >= 15 is 0 Å². The second-order valence-corrected chi connectivity index (χ2v) is 16.9. The second kappa shape index (κ2) is 26.9. The van der Waals surface area contributed by atoms with E-state index < -0.39 is 96.9 Å². The fourth-order valence-corrected chi connectivity index (χ4v) is 8.28. The number of hydrogen-bond donors (Lipinski definition) is 13. The van der Waals surface area contributed by atoms with Gasteiger partial charge in [-0.25, -0.2) is 10.3 Å². The van der Waals surface area contributed by atoms with Gasteiger partial charge in [-0.05, 0) is 57.8 Å². The van der Waals surface area contributed by atoms with Crippen LogP contribution in [-0.4, -0.2) is 136 Å². The van der Waals surface area contributed by atoms with E-state index in [1.807, 2.05) is 11.8 Å². The standard InChI is InChI=1S/C37H63N11O12S/c1-19(2)14-21(15-28(52)48-60)34(56)46-31(20(3)49)36(58)44-23(11-12-26(38)50)35(57)42-16-29(53)41-17-30(54)43-22(33(39)55)8-6-7-13-40-27(51)10-5-4-9-25-32-24(18-61-25)45-37(59)47-32/h19-25,31-32,49,60H,4-18H2,1-3H3,(H2,38,50)(H2,39,55)(H,40,51)(H,41,53)(H,42,57)(H,43,54)(H,44,58)(H,46,56)(H,48,52)(H2,45,47,59)/t20-,21?,22+,23+,24+,25+,31+,32+/m1/s1. The summed E-state index contributed by atoms with van der Waals surface area (Å²) in [4.78, 5) is 123. The van der Waals surface area contributed by atoms with Crippen LogP contribution in [0.5, 0.6) is 0 Å². The molecule has 61 heavy (non-hydrogen) atoms. The van der Waals surface area contributed by atoms with Crippen molar-refractivity contribution in [1.82, 2.24) is 48.0 Å². The van der Waals surface area contributed by atoms with Crippen LogP contribution in [0.2, 0.25) is 0 Å². The lowest BCUT2D eigenvalue weighted by molar-refractivity contribution is -0.138. The van der Waals surface area contributed by atoms with Gasteiger partial charge >= 0.3 is 6.03 Å². The van der Waals surface area contributed by atoms with Crippen molar-refractivity contribution in [3.63, 3.8) is 0 Å². The number of nitrogens with one attached hydrogen (secondary N) is 9. The number of aliphatic hydroxyl groups is 1. The van der Waals surface area contributed by atoms with E-state index in [-0.39, 0.29) is 55.6 Å². The Hall–Kier alpha value is -5.23. The number of urea groups is 1. The van der Waals surface area contributed by atoms with Gasteiger partial charge in [0.15, 0.2) is 0 Å². The third-order valence-electron chi connectivity index (χ3n) is 9.93. The quantitative estimate of drug-likeness (QED) is 0.0150. The van der Waals surface area contributed by atoms with E-state index in [0.717, 1.165) is 18.6 Å². The van der Waals surface area contributed by atoms with E-state index in [1.165, 1.54) is 12.4 Å². The molecule has 2 saturated heterocycles. The summed E-state index contributed by atoms with van der Waals surface area (Å²) < 4.78 is 0. The molecule has 24 heteroatoms. The van der Waals surface area contributed by atoms with Crippen LogP contribution in [0.1, 0.15) is 91.4 Å². The molecule has 8 atom stereocenters. The van der Waals surface area contributed by atoms with Gasteiger partial charge in [0.25, 0.3) is 0 Å². The molecule has 0 aromatic carbocycles. The number of fused-ring (bicyclic) bond motifs is 1. The molecule has 0 aromatic rings. The van der Waals surface area contributed by atoms with Crippen LogP contribution in [0, 0.1) is 11.8 Å². The fraction of sp³-hybridized carbons (Fsp3) is 0.730. The van der Waals surface area contributed by atoms with Gasteiger partial charge in [0.1, 0.15) is 18.1 Å². The summed E-state index contributed by atoms with van der Waals surface area (Å²) in [7, 11) is 0. The normalized spacial score (nSPS) is 19.0. The lowest BCUT2D eigenvalue weighted by Crippen LogP contribution is -2.58. The van der Waals surface area contributed by atoms with Gasteiger partial charge in [-0.1, -0.05) is 20.3 Å². The van der Waals surface area contributed by atoms with Crippen LogP contribution in [-0.2, 0) is 43.2 Å². The predicted molar refractivity (Wildman–Crippen MR) is 219 cm³/mol. The third-order valence-corrected chi connectivity index (χ3v) is 11.4. The minimum Gasteiger partial charge on any atom is -0.391 e. The molecule has 2 heterocycles. The number of carbonyl (C=O) groups excluding carboxylic acids is 10. The number of carbonyl (C=O) groups is 10. The number of hydroxylamine groups is 1. The van der Waals surface area contributed by atoms with E-state index in [1.54, 1.807) is 13.8 Å². The molecule has 2 fully saturated rings. The highest BCUT2D eigenvalue weighted by atomic mass is 32.2. The van der Waals surface area contributed by atoms with Gasteiger partial charge < -0.3 is 59.1 Å². The zero-order valence-corrected chi connectivity index (χ0v) is 35.7. The zero-order valence-electron chi connectivity index (χ0n) is 34.8. The van der Waals surface area contributed by atoms with Crippen LogP contribution in [0.4, 0.5) is 4.79 Å². The van der Waals surface area contributed by atoms with Crippen molar-refractivity contribution in [3.05, 3.63) is 0 Å². The molecule has 0 spiro atoms. The van der Waals surface area contributed by atoms with E-state index in [0.29, 0.717) is 37.5 Å². The lowest BCUT2D eigenvalue weighted by Gasteiger charge is -2.26. The molecular formula is C37H63N11O12S. The van der Waals surface area contributed by atoms with Crippen molar-refractivity contribution >= 4 is 71.0 Å². The first-order valence-electron chi connectivity index (χ1n) is 20.4. The van der Waals surface area contributed by atoms with Crippen molar-refractivity contribution in [2.75, 3.05) is 25.4 Å². The van der Waals surface area contributed by atoms with Gasteiger partial charge in [0.05, 0.1) is 31.3 Å². The van der Waals surface area contributed by atoms with E-state index in [9.17, 15) is 53.1 Å². The summed E-state index contributed by atoms with van der Waals surface area (Å²) in [6.45, 7) is 3.86. The van der Waals surface area contributed by atoms with Crippen LogP contribution in [0.15, 0.2) is 0 Å². The average Bonchev–Trinajstić information content (AvgIpc) is 3.75. The van der Waals surface area contributed by atoms with Crippen LogP contribution < -0.4 is 59.5 Å². The first kappa shape index (κ1) is 51.9. The van der Waals surface area contributed by atoms with Crippen molar-refractivity contribution in [2.24, 2.45) is 23.3 Å². The minimum atomic E-state index is -1.62. The topological polar surface area (TPSA) is 371 Å². The van der Waals surface area contributed by atoms with Crippen LogP contribution in [0.3, 0.4) is 0 Å². The highest BCUT2D eigenvalue weighted by Gasteiger charge is 2.42. The third kappa shape index (κ3) is 19.8. The maximum atomic E-state index is 13.2. The molecule has 15 N–H and O–H groups in total. The van der Waals surface area contributed by atoms with Crippen molar-refractivity contribution in [2.45, 2.75) is 133 Å². The molecule has 2 aliphatic heterocycles. The molecule has 1 unspecified atom stereocenters. The van der Waals surface area contributed by atoms with Crippen molar-refractivity contribution < 1.29 is 58.3 Å². The Morgan fingerprint density at radius 1 is 0.754 bits per heavy atom. The van der Waals surface area contributed by atoms with Crippen molar-refractivity contribution in [3.8, 4) is 0 Å². The Balaban J connectivity index is 1.76. The molecular weight excluding hydrogens is 823 g/mol. The van der Waals surface area contributed by atoms with E-state index in [2.05, 4.69) is 42.5 Å². The SMILES string of the molecule is CC(C)CC(CC(=O)NO)C(=O)N[C@H](C(=O)N[C@@H](CCC(N)=O)C(=O)NCC(=O)NCC(=O)N[C@@H](CCCCNC(=O)CCCC[C@@H]1SC[C@@H]2NC(=O)N[C@@H]21)C(N)=O)[C@@H](C)O. The molecule has 0 radical (unpaired) electrons. The summed E-state index contributed by atoms with van der Waals surface area (Å²) in [6, 6.07) is -3.99. The Morgan fingerprint density at radius 3 is 2.10 bits per heavy atom. The Bertz CT molecular complexity index is 1570. The van der Waals surface area contributed by atoms with Gasteiger partial charge in [-0.3, -0.25) is 48.4 Å². The summed E-state index contributed by atoms with van der Waals surface area (Å²) in [5.41, 5.74) is 12.1. The van der Waals surface area contributed by atoms with Crippen LogP contribution >= 0.6 is 11.8 Å². The molecule has 0 aliphatic carbocycles. The Kier molecular flexibility index (Phi) is 22.9. The number of rotatable bonds is 29. The highest BCUT2D eigenvalue weighted by molar-refractivity contribution is 8.00. The van der Waals surface area contributed by atoms with Gasteiger partial charge in [0.2, 0.25) is 53.2 Å².